The van der Waals surface area contributed by atoms with E-state index in [4.69, 9.17) is 0 Å². The molecule has 0 aromatic carbocycles. The van der Waals surface area contributed by atoms with Crippen LogP contribution in [0.2, 0.25) is 0 Å². The van der Waals surface area contributed by atoms with Crippen molar-refractivity contribution in [1.29, 1.82) is 0 Å². The number of carbonyl (C=O) groups excluding carboxylic acids is 3. The minimum absolute atomic E-state index is 0.00117. The average molecular weight is 548 g/mol. The molecule has 3 amide bonds. The number of likely N-dealkylation sites (tertiary alicyclic amines) is 1. The first-order valence-corrected chi connectivity index (χ1v) is 15.1. The Morgan fingerprint density at radius 3 is 2.32 bits per heavy atom. The monoisotopic (exact) mass is 547 g/mol. The fourth-order valence-electron chi connectivity index (χ4n) is 7.08. The molecule has 7 nitrogen and oxygen atoms in total. The van der Waals surface area contributed by atoms with Gasteiger partial charge in [0.25, 0.3) is 0 Å². The van der Waals surface area contributed by atoms with Gasteiger partial charge >= 0.3 is 0 Å². The average Bonchev–Trinajstić information content (AvgIpc) is 3.42. The number of carbonyl (C=O) groups is 3. The molecule has 3 heterocycles. The van der Waals surface area contributed by atoms with E-state index in [1.54, 1.807) is 33.7 Å². The van der Waals surface area contributed by atoms with Gasteiger partial charge in [-0.25, -0.2) is 0 Å². The first-order chi connectivity index (χ1) is 17.8. The van der Waals surface area contributed by atoms with Crippen molar-refractivity contribution >= 4 is 29.5 Å². The van der Waals surface area contributed by atoms with Gasteiger partial charge in [-0.15, -0.1) is 24.9 Å². The Bertz CT molecular complexity index is 948. The second kappa shape index (κ2) is 11.4. The van der Waals surface area contributed by atoms with Gasteiger partial charge in [-0.3, -0.25) is 14.4 Å². The van der Waals surface area contributed by atoms with Gasteiger partial charge < -0.3 is 19.8 Å². The summed E-state index contributed by atoms with van der Waals surface area (Å²) >= 11 is 1.69. The molecule has 3 rings (SSSR count). The lowest BCUT2D eigenvalue weighted by Gasteiger charge is -2.44. The highest BCUT2D eigenvalue weighted by Crippen LogP contribution is 2.72. The van der Waals surface area contributed by atoms with Crippen molar-refractivity contribution in [3.05, 3.63) is 25.3 Å². The molecule has 1 N–H and O–H groups in total. The highest BCUT2D eigenvalue weighted by atomic mass is 32.2. The van der Waals surface area contributed by atoms with Crippen LogP contribution in [0.4, 0.5) is 0 Å². The minimum atomic E-state index is -0.742. The van der Waals surface area contributed by atoms with E-state index in [2.05, 4.69) is 20.1 Å². The van der Waals surface area contributed by atoms with Crippen LogP contribution in [0.25, 0.3) is 0 Å². The van der Waals surface area contributed by atoms with Crippen LogP contribution < -0.4 is 0 Å². The molecule has 3 fully saturated rings. The number of fused-ring (bicyclic) bond motifs is 1. The highest BCUT2D eigenvalue weighted by molar-refractivity contribution is 8.02. The molecule has 0 aromatic heterocycles. The molecule has 0 radical (unpaired) electrons. The number of nitrogens with zero attached hydrogens (tertiary/aromatic N) is 3. The van der Waals surface area contributed by atoms with Gasteiger partial charge in [0.15, 0.2) is 0 Å². The fourth-order valence-corrected chi connectivity index (χ4v) is 9.41. The minimum Gasteiger partial charge on any atom is -0.394 e. The lowest BCUT2D eigenvalue weighted by atomic mass is 9.66. The molecule has 214 valence electrons. The molecule has 3 aliphatic heterocycles. The quantitative estimate of drug-likeness (QED) is 0.372. The normalized spacial score (nSPS) is 31.6. The summed E-state index contributed by atoms with van der Waals surface area (Å²) in [4.78, 5) is 48.6. The molecular weight excluding hydrogens is 498 g/mol. The number of hydrogen-bond acceptors (Lipinski definition) is 5. The van der Waals surface area contributed by atoms with E-state index in [0.717, 1.165) is 19.3 Å². The third-order valence-electron chi connectivity index (χ3n) is 9.10. The van der Waals surface area contributed by atoms with Crippen LogP contribution in [0, 0.1) is 17.8 Å². The van der Waals surface area contributed by atoms with Crippen LogP contribution in [-0.2, 0) is 14.4 Å². The maximum Gasteiger partial charge on any atom is 0.247 e. The van der Waals surface area contributed by atoms with Crippen molar-refractivity contribution in [2.75, 3.05) is 26.2 Å². The Kier molecular flexibility index (Phi) is 9.19. The Labute approximate surface area is 234 Å². The Balaban J connectivity index is 2.20. The van der Waals surface area contributed by atoms with Crippen molar-refractivity contribution in [3.63, 3.8) is 0 Å². The van der Waals surface area contributed by atoms with E-state index in [1.165, 1.54) is 0 Å². The Hall–Kier alpha value is -1.80. The first-order valence-electron chi connectivity index (χ1n) is 14.2. The maximum absolute atomic E-state index is 14.6. The number of aliphatic hydroxyl groups excluding tert-OH is 1. The molecule has 1 spiro atoms. The number of hydrogen-bond donors (Lipinski definition) is 1. The molecule has 7 atom stereocenters. The van der Waals surface area contributed by atoms with Crippen molar-refractivity contribution in [2.45, 2.75) is 101 Å². The molecule has 0 aromatic rings. The van der Waals surface area contributed by atoms with Crippen LogP contribution in [-0.4, -0.2) is 90.9 Å². The van der Waals surface area contributed by atoms with Crippen molar-refractivity contribution in [2.24, 2.45) is 17.8 Å². The molecule has 2 unspecified atom stereocenters. The summed E-state index contributed by atoms with van der Waals surface area (Å²) < 4.78 is -1.13. The molecule has 0 saturated carbocycles. The van der Waals surface area contributed by atoms with Gasteiger partial charge in [0, 0.05) is 29.9 Å². The van der Waals surface area contributed by atoms with E-state index in [0.29, 0.717) is 26.1 Å². The topological polar surface area (TPSA) is 81.2 Å². The van der Waals surface area contributed by atoms with E-state index in [1.807, 2.05) is 46.4 Å². The van der Waals surface area contributed by atoms with Crippen LogP contribution in [0.5, 0.6) is 0 Å². The summed E-state index contributed by atoms with van der Waals surface area (Å²) in [6.45, 7) is 23.1. The SMILES string of the molecule is C=CCN(CCC)C(=O)[C@H]1[C@H]2C(=O)N([C@@H](CO)[C@@H](C)CC)C(C(=O)N(CC=C)C(C)(C)C)C23CC[C@]1(C)S3. The summed E-state index contributed by atoms with van der Waals surface area (Å²) in [5.41, 5.74) is -0.484. The first kappa shape index (κ1) is 30.7. The largest absolute Gasteiger partial charge is 0.394 e. The maximum atomic E-state index is 14.6. The van der Waals surface area contributed by atoms with Crippen molar-refractivity contribution in [3.8, 4) is 0 Å². The lowest BCUT2D eigenvalue weighted by Crippen LogP contribution is -2.61. The van der Waals surface area contributed by atoms with Crippen molar-refractivity contribution in [1.82, 2.24) is 14.7 Å². The third-order valence-corrected chi connectivity index (χ3v) is 11.1. The summed E-state index contributed by atoms with van der Waals surface area (Å²) in [5.74, 6) is -1.39. The van der Waals surface area contributed by atoms with E-state index >= 15 is 0 Å². The smallest absolute Gasteiger partial charge is 0.247 e. The van der Waals surface area contributed by atoms with Gasteiger partial charge in [-0.2, -0.15) is 0 Å². The molecule has 2 bridgehead atoms. The molecule has 3 saturated heterocycles. The summed E-state index contributed by atoms with van der Waals surface area (Å²) in [6, 6.07) is -1.23. The van der Waals surface area contributed by atoms with E-state index < -0.39 is 39.0 Å². The second-order valence-corrected chi connectivity index (χ2v) is 14.5. The zero-order valence-corrected chi connectivity index (χ0v) is 25.4. The molecule has 0 aliphatic carbocycles. The van der Waals surface area contributed by atoms with E-state index in [-0.39, 0.29) is 30.2 Å². The zero-order valence-electron chi connectivity index (χ0n) is 24.5. The van der Waals surface area contributed by atoms with Crippen LogP contribution in [0.3, 0.4) is 0 Å². The Morgan fingerprint density at radius 2 is 1.82 bits per heavy atom. The number of amides is 3. The molecule has 3 aliphatic rings. The number of aliphatic hydroxyl groups is 1. The van der Waals surface area contributed by atoms with Gasteiger partial charge in [-0.05, 0) is 52.9 Å². The highest BCUT2D eigenvalue weighted by Gasteiger charge is 2.78. The third kappa shape index (κ3) is 4.85. The van der Waals surface area contributed by atoms with Gasteiger partial charge in [-0.1, -0.05) is 39.3 Å². The summed E-state index contributed by atoms with van der Waals surface area (Å²) in [7, 11) is 0. The summed E-state index contributed by atoms with van der Waals surface area (Å²) in [5, 5.41) is 10.6. The Morgan fingerprint density at radius 1 is 1.18 bits per heavy atom. The van der Waals surface area contributed by atoms with Crippen LogP contribution >= 0.6 is 11.8 Å². The molecule has 38 heavy (non-hydrogen) atoms. The molecular formula is C30H49N3O4S. The van der Waals surface area contributed by atoms with Crippen LogP contribution in [0.1, 0.15) is 74.1 Å². The molecule has 8 heteroatoms. The van der Waals surface area contributed by atoms with Gasteiger partial charge in [0.2, 0.25) is 17.7 Å². The van der Waals surface area contributed by atoms with Gasteiger partial charge in [0.05, 0.1) is 29.2 Å². The van der Waals surface area contributed by atoms with E-state index in [9.17, 15) is 19.5 Å². The number of thioether (sulfide) groups is 1. The summed E-state index contributed by atoms with van der Waals surface area (Å²) in [6.07, 6.45) is 6.51. The second-order valence-electron chi connectivity index (χ2n) is 12.6. The zero-order chi connectivity index (χ0) is 28.6. The predicted molar refractivity (Wildman–Crippen MR) is 155 cm³/mol. The van der Waals surface area contributed by atoms with Gasteiger partial charge in [0.1, 0.15) is 6.04 Å². The predicted octanol–water partition coefficient (Wildman–Crippen LogP) is 4.11. The standard InChI is InChI=1S/C30H49N3O4S/c1-10-16-31(17-11-2)25(35)22-23-26(36)33(21(19-34)20(5)13-4)24(30(23)15-14-29(22,9)38-30)27(37)32(18-12-3)28(6,7)8/h10,12,20-24,34H,1,3,11,13-19H2,2,4-9H3/t20-,21-,22+,23-,24?,29-,30?/m0/s1. The fraction of sp³-hybridized carbons (Fsp3) is 0.767. The van der Waals surface area contributed by atoms with Crippen LogP contribution in [0.15, 0.2) is 25.3 Å². The number of rotatable bonds is 12. The van der Waals surface area contributed by atoms with Crippen molar-refractivity contribution < 1.29 is 19.5 Å². The lowest BCUT2D eigenvalue weighted by molar-refractivity contribution is -0.150.